The number of benzene rings is 1. The maximum Gasteiger partial charge on any atom is 0.251 e. The average molecular weight is 313 g/mol. The normalized spacial score (nSPS) is 16.2. The molecule has 1 aromatic heterocycles. The zero-order valence-electron chi connectivity index (χ0n) is 12.9. The van der Waals surface area contributed by atoms with Gasteiger partial charge in [-0.15, -0.1) is 0 Å². The Bertz CT molecular complexity index is 654. The highest BCUT2D eigenvalue weighted by Crippen LogP contribution is 2.16. The summed E-state index contributed by atoms with van der Waals surface area (Å²) in [4.78, 5) is 18.3. The molecule has 5 heteroatoms. The Morgan fingerprint density at radius 3 is 2.57 bits per heavy atom. The van der Waals surface area contributed by atoms with Crippen LogP contribution in [0.1, 0.15) is 28.8 Å². The van der Waals surface area contributed by atoms with E-state index in [-0.39, 0.29) is 17.8 Å². The van der Waals surface area contributed by atoms with E-state index in [4.69, 9.17) is 0 Å². The molecule has 4 nitrogen and oxygen atoms in total. The van der Waals surface area contributed by atoms with Crippen LogP contribution < -0.4 is 5.32 Å². The van der Waals surface area contributed by atoms with E-state index in [0.29, 0.717) is 12.1 Å². The number of carbonyl (C=O) groups excluding carboxylic acids is 1. The van der Waals surface area contributed by atoms with Crippen molar-refractivity contribution in [2.24, 2.45) is 0 Å². The first-order valence-corrected chi connectivity index (χ1v) is 7.89. The third-order valence-electron chi connectivity index (χ3n) is 4.22. The number of rotatable bonds is 4. The van der Waals surface area contributed by atoms with Crippen molar-refractivity contribution in [3.8, 4) is 0 Å². The number of amides is 1. The molecule has 0 atom stereocenters. The van der Waals surface area contributed by atoms with Crippen LogP contribution in [0.4, 0.5) is 4.39 Å². The minimum atomic E-state index is -0.152. The van der Waals surface area contributed by atoms with E-state index >= 15 is 0 Å². The number of pyridine rings is 1. The summed E-state index contributed by atoms with van der Waals surface area (Å²) >= 11 is 0. The first kappa shape index (κ1) is 15.6. The maximum atomic E-state index is 13.7. The van der Waals surface area contributed by atoms with Gasteiger partial charge in [0.25, 0.3) is 5.91 Å². The zero-order valence-corrected chi connectivity index (χ0v) is 12.9. The topological polar surface area (TPSA) is 45.2 Å². The predicted molar refractivity (Wildman–Crippen MR) is 86.4 cm³/mol. The van der Waals surface area contributed by atoms with Crippen molar-refractivity contribution in [2.75, 3.05) is 13.1 Å². The van der Waals surface area contributed by atoms with Crippen molar-refractivity contribution in [2.45, 2.75) is 25.4 Å². The smallest absolute Gasteiger partial charge is 0.251 e. The van der Waals surface area contributed by atoms with Crippen molar-refractivity contribution < 1.29 is 9.18 Å². The van der Waals surface area contributed by atoms with Gasteiger partial charge in [0, 0.05) is 49.2 Å². The van der Waals surface area contributed by atoms with Gasteiger partial charge in [-0.25, -0.2) is 4.39 Å². The summed E-state index contributed by atoms with van der Waals surface area (Å²) in [6, 6.07) is 10.5. The van der Waals surface area contributed by atoms with E-state index in [0.717, 1.165) is 31.5 Å². The molecule has 1 N–H and O–H groups in total. The number of hydrogen-bond donors (Lipinski definition) is 1. The van der Waals surface area contributed by atoms with Crippen LogP contribution in [0.2, 0.25) is 0 Å². The summed E-state index contributed by atoms with van der Waals surface area (Å²) in [6.07, 6.45) is 4.99. The van der Waals surface area contributed by atoms with Crippen LogP contribution in [0.25, 0.3) is 0 Å². The van der Waals surface area contributed by atoms with Gasteiger partial charge in [0.1, 0.15) is 5.82 Å². The van der Waals surface area contributed by atoms with E-state index in [9.17, 15) is 9.18 Å². The van der Waals surface area contributed by atoms with E-state index in [1.807, 2.05) is 12.1 Å². The molecule has 0 saturated carbocycles. The van der Waals surface area contributed by atoms with E-state index in [1.54, 1.807) is 30.6 Å². The maximum absolute atomic E-state index is 13.7. The quantitative estimate of drug-likeness (QED) is 0.944. The largest absolute Gasteiger partial charge is 0.349 e. The summed E-state index contributed by atoms with van der Waals surface area (Å²) in [7, 11) is 0. The molecular formula is C18H20FN3O. The molecule has 0 spiro atoms. The summed E-state index contributed by atoms with van der Waals surface area (Å²) in [5.74, 6) is -0.208. The Morgan fingerprint density at radius 1 is 1.17 bits per heavy atom. The van der Waals surface area contributed by atoms with Crippen molar-refractivity contribution >= 4 is 5.91 Å². The van der Waals surface area contributed by atoms with Crippen molar-refractivity contribution in [3.63, 3.8) is 0 Å². The number of nitrogens with zero attached hydrogens (tertiary/aromatic N) is 2. The highest BCUT2D eigenvalue weighted by atomic mass is 19.1. The fraction of sp³-hybridized carbons (Fsp3) is 0.333. The van der Waals surface area contributed by atoms with Crippen LogP contribution in [-0.2, 0) is 6.54 Å². The second kappa shape index (κ2) is 7.33. The van der Waals surface area contributed by atoms with Gasteiger partial charge >= 0.3 is 0 Å². The van der Waals surface area contributed by atoms with Gasteiger partial charge in [-0.1, -0.05) is 18.2 Å². The van der Waals surface area contributed by atoms with Crippen molar-refractivity contribution in [1.29, 1.82) is 0 Å². The molecule has 0 bridgehead atoms. The molecule has 120 valence electrons. The molecule has 23 heavy (non-hydrogen) atoms. The number of likely N-dealkylation sites (tertiary alicyclic amines) is 1. The molecule has 2 heterocycles. The second-order valence-corrected chi connectivity index (χ2v) is 5.85. The van der Waals surface area contributed by atoms with Gasteiger partial charge in [0.15, 0.2) is 0 Å². The second-order valence-electron chi connectivity index (χ2n) is 5.85. The Kier molecular flexibility index (Phi) is 4.98. The molecule has 1 saturated heterocycles. The molecule has 1 aromatic carbocycles. The Morgan fingerprint density at radius 2 is 1.87 bits per heavy atom. The lowest BCUT2D eigenvalue weighted by Gasteiger charge is -2.32. The first-order valence-electron chi connectivity index (χ1n) is 7.89. The average Bonchev–Trinajstić information content (AvgIpc) is 2.59. The summed E-state index contributed by atoms with van der Waals surface area (Å²) < 4.78 is 13.7. The van der Waals surface area contributed by atoms with Crippen LogP contribution in [0.15, 0.2) is 48.8 Å². The number of piperidine rings is 1. The monoisotopic (exact) mass is 313 g/mol. The van der Waals surface area contributed by atoms with Gasteiger partial charge in [0.2, 0.25) is 0 Å². The molecule has 1 fully saturated rings. The highest BCUT2D eigenvalue weighted by Gasteiger charge is 2.21. The number of nitrogens with one attached hydrogen (secondary N) is 1. The summed E-state index contributed by atoms with van der Waals surface area (Å²) in [5, 5.41) is 3.06. The van der Waals surface area contributed by atoms with Crippen molar-refractivity contribution in [1.82, 2.24) is 15.2 Å². The first-order chi connectivity index (χ1) is 11.2. The number of halogens is 1. The number of aromatic nitrogens is 1. The SMILES string of the molecule is O=C(NC1CCN(Cc2ccccc2F)CC1)c1ccncc1. The van der Waals surface area contributed by atoms with Gasteiger partial charge in [-0.05, 0) is 31.0 Å². The molecule has 3 rings (SSSR count). The van der Waals surface area contributed by atoms with Crippen LogP contribution in [0, 0.1) is 5.82 Å². The Balaban J connectivity index is 1.49. The summed E-state index contributed by atoms with van der Waals surface area (Å²) in [6.45, 7) is 2.34. The fourth-order valence-electron chi connectivity index (χ4n) is 2.87. The number of hydrogen-bond acceptors (Lipinski definition) is 3. The molecule has 0 unspecified atom stereocenters. The van der Waals surface area contributed by atoms with E-state index in [1.165, 1.54) is 6.07 Å². The van der Waals surface area contributed by atoms with Gasteiger partial charge in [-0.2, -0.15) is 0 Å². The molecule has 0 aliphatic carbocycles. The molecule has 0 radical (unpaired) electrons. The van der Waals surface area contributed by atoms with Crippen LogP contribution >= 0.6 is 0 Å². The third kappa shape index (κ3) is 4.13. The minimum absolute atomic E-state index is 0.0556. The molecule has 1 amide bonds. The van der Waals surface area contributed by atoms with Crippen molar-refractivity contribution in [3.05, 3.63) is 65.7 Å². The lowest BCUT2D eigenvalue weighted by Crippen LogP contribution is -2.44. The molecule has 1 aliphatic heterocycles. The standard InChI is InChI=1S/C18H20FN3O/c19-17-4-2-1-3-15(17)13-22-11-7-16(8-12-22)21-18(23)14-5-9-20-10-6-14/h1-6,9-10,16H,7-8,11-13H2,(H,21,23). The van der Waals surface area contributed by atoms with E-state index < -0.39 is 0 Å². The molecular weight excluding hydrogens is 293 g/mol. The lowest BCUT2D eigenvalue weighted by atomic mass is 10.0. The Hall–Kier alpha value is -2.27. The predicted octanol–water partition coefficient (Wildman–Crippen LogP) is 2.62. The van der Waals surface area contributed by atoms with E-state index in [2.05, 4.69) is 15.2 Å². The highest BCUT2D eigenvalue weighted by molar-refractivity contribution is 5.94. The molecule has 2 aromatic rings. The fourth-order valence-corrected chi connectivity index (χ4v) is 2.87. The van der Waals surface area contributed by atoms with Gasteiger partial charge in [0.05, 0.1) is 0 Å². The third-order valence-corrected chi connectivity index (χ3v) is 4.22. The van der Waals surface area contributed by atoms with Crippen LogP contribution in [0.3, 0.4) is 0 Å². The number of carbonyl (C=O) groups is 1. The lowest BCUT2D eigenvalue weighted by molar-refractivity contribution is 0.0908. The Labute approximate surface area is 135 Å². The molecule has 1 aliphatic rings. The van der Waals surface area contributed by atoms with Crippen LogP contribution in [-0.4, -0.2) is 34.9 Å². The summed E-state index contributed by atoms with van der Waals surface area (Å²) in [5.41, 5.74) is 1.36. The van der Waals surface area contributed by atoms with Gasteiger partial charge in [-0.3, -0.25) is 14.7 Å². The minimum Gasteiger partial charge on any atom is -0.349 e. The van der Waals surface area contributed by atoms with Gasteiger partial charge < -0.3 is 5.32 Å². The zero-order chi connectivity index (χ0) is 16.1. The van der Waals surface area contributed by atoms with Crippen LogP contribution in [0.5, 0.6) is 0 Å².